The molecule has 0 N–H and O–H groups in total. The first kappa shape index (κ1) is 13.4. The predicted molar refractivity (Wildman–Crippen MR) is 70.1 cm³/mol. The maximum Gasteiger partial charge on any atom is 0.108 e. The van der Waals surface area contributed by atoms with E-state index >= 15 is 0 Å². The molecule has 0 radical (unpaired) electrons. The Bertz CT molecular complexity index is 292. The SMILES string of the molecule is Cn1cccc1Cl.I.c1ccncc1. The molecule has 0 spiro atoms. The highest BCUT2D eigenvalue weighted by molar-refractivity contribution is 14.0. The van der Waals surface area contributed by atoms with Gasteiger partial charge in [-0.05, 0) is 24.3 Å². The summed E-state index contributed by atoms with van der Waals surface area (Å²) in [5.41, 5.74) is 0. The zero-order valence-corrected chi connectivity index (χ0v) is 10.9. The standard InChI is InChI=1S/C5H6ClN.C5H5N.HI/c1-7-4-2-3-5(7)6;1-2-4-6-5-3-1;/h2-4H,1H3;1-5H;1H. The molecule has 2 aromatic rings. The van der Waals surface area contributed by atoms with Gasteiger partial charge < -0.3 is 4.57 Å². The van der Waals surface area contributed by atoms with E-state index in [4.69, 9.17) is 11.6 Å². The lowest BCUT2D eigenvalue weighted by Gasteiger charge is -1.87. The van der Waals surface area contributed by atoms with Crippen LogP contribution in [0.5, 0.6) is 0 Å². The van der Waals surface area contributed by atoms with Crippen LogP contribution in [0.1, 0.15) is 0 Å². The number of hydrogen-bond acceptors (Lipinski definition) is 1. The van der Waals surface area contributed by atoms with Crippen LogP contribution in [0.3, 0.4) is 0 Å². The van der Waals surface area contributed by atoms with Crippen molar-refractivity contribution in [2.45, 2.75) is 0 Å². The molecule has 2 aromatic heterocycles. The number of rotatable bonds is 0. The molecule has 76 valence electrons. The molecule has 0 unspecified atom stereocenters. The second-order valence-electron chi connectivity index (χ2n) is 2.47. The average Bonchev–Trinajstić information content (AvgIpc) is 2.55. The molecule has 0 bridgehead atoms. The highest BCUT2D eigenvalue weighted by Crippen LogP contribution is 2.04. The molecule has 14 heavy (non-hydrogen) atoms. The van der Waals surface area contributed by atoms with Crippen LogP contribution in [-0.2, 0) is 7.05 Å². The van der Waals surface area contributed by atoms with Gasteiger partial charge in [-0.25, -0.2) is 0 Å². The lowest BCUT2D eigenvalue weighted by molar-refractivity contribution is 0.929. The number of pyridine rings is 1. The van der Waals surface area contributed by atoms with Gasteiger partial charge in [-0.1, -0.05) is 17.7 Å². The fourth-order valence-corrected chi connectivity index (χ4v) is 0.882. The summed E-state index contributed by atoms with van der Waals surface area (Å²) in [6.07, 6.45) is 5.41. The smallest absolute Gasteiger partial charge is 0.108 e. The normalized spacial score (nSPS) is 8.14. The summed E-state index contributed by atoms with van der Waals surface area (Å²) in [6, 6.07) is 9.47. The van der Waals surface area contributed by atoms with E-state index in [1.165, 1.54) is 0 Å². The van der Waals surface area contributed by atoms with Gasteiger partial charge in [0.15, 0.2) is 0 Å². The first-order valence-electron chi connectivity index (χ1n) is 3.92. The third-order valence-electron chi connectivity index (χ3n) is 1.45. The molecule has 0 aliphatic heterocycles. The first-order chi connectivity index (χ1) is 6.30. The van der Waals surface area contributed by atoms with E-state index in [1.54, 1.807) is 12.4 Å². The van der Waals surface area contributed by atoms with Crippen molar-refractivity contribution >= 4 is 35.6 Å². The highest BCUT2D eigenvalue weighted by atomic mass is 127. The molecule has 0 saturated carbocycles. The molecule has 0 aromatic carbocycles. The Morgan fingerprint density at radius 2 is 1.79 bits per heavy atom. The summed E-state index contributed by atoms with van der Waals surface area (Å²) < 4.78 is 1.85. The summed E-state index contributed by atoms with van der Waals surface area (Å²) >= 11 is 5.59. The summed E-state index contributed by atoms with van der Waals surface area (Å²) in [6.45, 7) is 0. The molecule has 0 aliphatic rings. The molecule has 2 rings (SSSR count). The van der Waals surface area contributed by atoms with Crippen molar-refractivity contribution in [3.63, 3.8) is 0 Å². The van der Waals surface area contributed by atoms with Crippen LogP contribution in [-0.4, -0.2) is 9.55 Å². The minimum Gasteiger partial charge on any atom is -0.342 e. The number of halogens is 2. The maximum absolute atomic E-state index is 5.59. The summed E-state index contributed by atoms with van der Waals surface area (Å²) in [4.78, 5) is 3.78. The number of hydrogen-bond donors (Lipinski definition) is 0. The molecule has 0 atom stereocenters. The average molecular weight is 323 g/mol. The van der Waals surface area contributed by atoms with Gasteiger partial charge in [0.1, 0.15) is 5.15 Å². The molecule has 0 aliphatic carbocycles. The van der Waals surface area contributed by atoms with E-state index < -0.39 is 0 Å². The third-order valence-corrected chi connectivity index (χ3v) is 1.84. The summed E-state index contributed by atoms with van der Waals surface area (Å²) in [7, 11) is 1.91. The van der Waals surface area contributed by atoms with Crippen molar-refractivity contribution in [1.82, 2.24) is 9.55 Å². The lowest BCUT2D eigenvalue weighted by Crippen LogP contribution is -1.80. The molecular weight excluding hydrogens is 310 g/mol. The summed E-state index contributed by atoms with van der Waals surface area (Å²) in [5, 5.41) is 0.778. The fraction of sp³-hybridized carbons (Fsp3) is 0.100. The van der Waals surface area contributed by atoms with Crippen molar-refractivity contribution in [1.29, 1.82) is 0 Å². The van der Waals surface area contributed by atoms with E-state index in [0.717, 1.165) is 5.15 Å². The first-order valence-corrected chi connectivity index (χ1v) is 4.30. The van der Waals surface area contributed by atoms with Crippen molar-refractivity contribution in [3.8, 4) is 0 Å². The van der Waals surface area contributed by atoms with Gasteiger partial charge in [0.2, 0.25) is 0 Å². The van der Waals surface area contributed by atoms with Crippen molar-refractivity contribution < 1.29 is 0 Å². The molecule has 0 fully saturated rings. The largest absolute Gasteiger partial charge is 0.342 e. The van der Waals surface area contributed by atoms with Crippen LogP contribution in [0.15, 0.2) is 48.9 Å². The fourth-order valence-electron chi connectivity index (χ4n) is 0.753. The van der Waals surface area contributed by atoms with Gasteiger partial charge in [0, 0.05) is 25.6 Å². The van der Waals surface area contributed by atoms with Crippen molar-refractivity contribution in [2.75, 3.05) is 0 Å². The molecule has 2 nitrogen and oxygen atoms in total. The van der Waals surface area contributed by atoms with Crippen LogP contribution in [0.2, 0.25) is 5.15 Å². The Hall–Kier alpha value is -0.550. The Labute approximate surface area is 106 Å². The number of aryl methyl sites for hydroxylation is 1. The minimum absolute atomic E-state index is 0. The summed E-state index contributed by atoms with van der Waals surface area (Å²) in [5.74, 6) is 0. The monoisotopic (exact) mass is 322 g/mol. The Kier molecular flexibility index (Phi) is 7.51. The Balaban J connectivity index is 0.000000227. The van der Waals surface area contributed by atoms with E-state index in [1.807, 2.05) is 48.1 Å². The number of aromatic nitrogens is 2. The quantitative estimate of drug-likeness (QED) is 0.680. The second kappa shape index (κ2) is 7.82. The zero-order valence-electron chi connectivity index (χ0n) is 7.80. The van der Waals surface area contributed by atoms with E-state index in [2.05, 4.69) is 4.98 Å². The molecule has 0 amide bonds. The van der Waals surface area contributed by atoms with E-state index in [9.17, 15) is 0 Å². The van der Waals surface area contributed by atoms with Crippen LogP contribution in [0.4, 0.5) is 0 Å². The van der Waals surface area contributed by atoms with Gasteiger partial charge >= 0.3 is 0 Å². The van der Waals surface area contributed by atoms with E-state index in [-0.39, 0.29) is 24.0 Å². The second-order valence-corrected chi connectivity index (χ2v) is 2.85. The van der Waals surface area contributed by atoms with Crippen LogP contribution in [0.25, 0.3) is 0 Å². The molecule has 0 saturated heterocycles. The highest BCUT2D eigenvalue weighted by Gasteiger charge is 1.84. The topological polar surface area (TPSA) is 17.8 Å². The minimum atomic E-state index is 0. The molecule has 4 heteroatoms. The van der Waals surface area contributed by atoms with Crippen LogP contribution < -0.4 is 0 Å². The predicted octanol–water partition coefficient (Wildman–Crippen LogP) is 3.38. The molecule has 2 heterocycles. The lowest BCUT2D eigenvalue weighted by atomic mass is 10.5. The maximum atomic E-state index is 5.59. The molecular formula is C10H12ClIN2. The van der Waals surface area contributed by atoms with Gasteiger partial charge in [-0.15, -0.1) is 24.0 Å². The van der Waals surface area contributed by atoms with Gasteiger partial charge in [0.05, 0.1) is 0 Å². The van der Waals surface area contributed by atoms with E-state index in [0.29, 0.717) is 0 Å². The number of nitrogens with zero attached hydrogens (tertiary/aromatic N) is 2. The van der Waals surface area contributed by atoms with Crippen LogP contribution >= 0.6 is 35.6 Å². The Morgan fingerprint density at radius 1 is 1.14 bits per heavy atom. The van der Waals surface area contributed by atoms with Gasteiger partial charge in [0.25, 0.3) is 0 Å². The zero-order chi connectivity index (χ0) is 9.52. The Morgan fingerprint density at radius 3 is 1.93 bits per heavy atom. The van der Waals surface area contributed by atoms with Crippen molar-refractivity contribution in [3.05, 3.63) is 54.1 Å². The van der Waals surface area contributed by atoms with Gasteiger partial charge in [-0.2, -0.15) is 0 Å². The van der Waals surface area contributed by atoms with Crippen molar-refractivity contribution in [2.24, 2.45) is 7.05 Å². The van der Waals surface area contributed by atoms with Crippen LogP contribution in [0, 0.1) is 0 Å². The third kappa shape index (κ3) is 5.24. The van der Waals surface area contributed by atoms with Gasteiger partial charge in [-0.3, -0.25) is 4.98 Å².